The topological polar surface area (TPSA) is 202 Å². The molecule has 0 unspecified atom stereocenters. The highest BCUT2D eigenvalue weighted by Crippen LogP contribution is 2.40. The molecule has 1 amide bonds. The van der Waals surface area contributed by atoms with Crippen molar-refractivity contribution >= 4 is 28.7 Å². The molecule has 1 aromatic carbocycles. The van der Waals surface area contributed by atoms with Crippen molar-refractivity contribution in [2.45, 2.75) is 32.1 Å². The van der Waals surface area contributed by atoms with Gasteiger partial charge in [0.1, 0.15) is 19.8 Å². The Kier molecular flexibility index (Phi) is 11.7. The Balaban J connectivity index is 1.10. The van der Waals surface area contributed by atoms with Gasteiger partial charge in [-0.1, -0.05) is 30.2 Å². The largest absolute Gasteiger partial charge is 0.457 e. The number of esters is 2. The Morgan fingerprint density at radius 2 is 1.75 bits per heavy atom. The molecule has 254 valence electrons. The molecule has 0 fully saturated rings. The average Bonchev–Trinajstić information content (AvgIpc) is 3.45. The monoisotopic (exact) mass is 664 g/mol. The molecule has 4 heterocycles. The van der Waals surface area contributed by atoms with Gasteiger partial charge in [0.25, 0.3) is 5.56 Å². The van der Waals surface area contributed by atoms with Crippen LogP contribution in [-0.4, -0.2) is 93.3 Å². The number of aromatic nitrogens is 2. The normalized spacial score (nSPS) is 16.0. The minimum atomic E-state index is -1.87. The molecule has 0 radical (unpaired) electrons. The Bertz CT molecular complexity index is 1770. The number of rotatable bonds is 18. The van der Waals surface area contributed by atoms with Gasteiger partial charge in [0, 0.05) is 28.0 Å². The fourth-order valence-corrected chi connectivity index (χ4v) is 5.51. The fourth-order valence-electron chi connectivity index (χ4n) is 5.51. The van der Waals surface area contributed by atoms with Gasteiger partial charge in [0.2, 0.25) is 11.5 Å². The number of pyridine rings is 2. The summed E-state index contributed by atoms with van der Waals surface area (Å²) in [4.78, 5) is 59.5. The van der Waals surface area contributed by atoms with Crippen molar-refractivity contribution < 1.29 is 42.8 Å². The van der Waals surface area contributed by atoms with E-state index in [1.165, 1.54) is 0 Å². The number of carbonyl (C=O) groups is 3. The highest BCUT2D eigenvalue weighted by atomic mass is 16.6. The van der Waals surface area contributed by atoms with Crippen LogP contribution < -0.4 is 10.9 Å². The zero-order valence-corrected chi connectivity index (χ0v) is 26.5. The van der Waals surface area contributed by atoms with E-state index < -0.39 is 30.0 Å². The van der Waals surface area contributed by atoms with E-state index in [9.17, 15) is 19.2 Å². The van der Waals surface area contributed by atoms with Crippen LogP contribution in [0.3, 0.4) is 0 Å². The molecule has 2 aromatic heterocycles. The molecule has 2 aliphatic rings. The third-order valence-electron chi connectivity index (χ3n) is 7.85. The van der Waals surface area contributed by atoms with Gasteiger partial charge in [0.15, 0.2) is 0 Å². The molecular formula is C32H36N6O10. The molecule has 0 bridgehead atoms. The minimum absolute atomic E-state index is 0.000219. The number of carbonyl (C=O) groups excluding carboxylic acids is 3. The molecule has 0 saturated heterocycles. The molecule has 1 N–H and O–H groups in total. The number of fused-ring (bicyclic) bond motifs is 5. The van der Waals surface area contributed by atoms with Crippen LogP contribution in [0.1, 0.15) is 30.0 Å². The first-order chi connectivity index (χ1) is 23.4. The minimum Gasteiger partial charge on any atom is -0.457 e. The maximum absolute atomic E-state index is 13.7. The summed E-state index contributed by atoms with van der Waals surface area (Å²) in [6, 6.07) is 11.3. The first-order valence-corrected chi connectivity index (χ1v) is 15.5. The number of hydrogen-bond donors (Lipinski definition) is 1. The van der Waals surface area contributed by atoms with Gasteiger partial charge in [-0.3, -0.25) is 14.4 Å². The van der Waals surface area contributed by atoms with E-state index in [2.05, 4.69) is 15.3 Å². The van der Waals surface area contributed by atoms with E-state index in [0.717, 1.165) is 16.5 Å². The molecule has 0 spiro atoms. The van der Waals surface area contributed by atoms with Crippen molar-refractivity contribution in [3.05, 3.63) is 73.9 Å². The van der Waals surface area contributed by atoms with Crippen molar-refractivity contribution in [2.24, 2.45) is 5.11 Å². The summed E-state index contributed by atoms with van der Waals surface area (Å²) in [6.45, 7) is 3.22. The standard InChI is InChI=1S/C32H36N6O10/c1-2-32(48-28(40)17-34-27(39)20-46-14-13-45-12-11-44-10-9-43-8-7-35-37-33)24-16-26-29-22(15-21-5-3-4-6-25(21)36-29)18-38(26)30(41)23(24)19-47-31(32)42/h3-6,15-16H,2,7-14,17-20H2,1H3,(H,34,39)/t32-/m0/s1. The predicted octanol–water partition coefficient (Wildman–Crippen LogP) is 2.12. The van der Waals surface area contributed by atoms with E-state index in [1.54, 1.807) is 17.6 Å². The van der Waals surface area contributed by atoms with Gasteiger partial charge in [-0.15, -0.1) is 0 Å². The third kappa shape index (κ3) is 7.81. The Morgan fingerprint density at radius 3 is 2.48 bits per heavy atom. The van der Waals surface area contributed by atoms with Gasteiger partial charge < -0.3 is 38.3 Å². The van der Waals surface area contributed by atoms with Crippen molar-refractivity contribution in [1.82, 2.24) is 14.9 Å². The molecule has 0 aliphatic carbocycles. The maximum Gasteiger partial charge on any atom is 0.355 e. The Labute approximate surface area is 274 Å². The summed E-state index contributed by atoms with van der Waals surface area (Å²) in [7, 11) is 0. The fraction of sp³-hybridized carbons (Fsp3) is 0.469. The van der Waals surface area contributed by atoms with Crippen LogP contribution in [0, 0.1) is 0 Å². The van der Waals surface area contributed by atoms with Crippen LogP contribution in [0.4, 0.5) is 0 Å². The average molecular weight is 665 g/mol. The molecule has 3 aromatic rings. The summed E-state index contributed by atoms with van der Waals surface area (Å²) in [6.07, 6.45) is 0.000219. The number of azide groups is 1. The first kappa shape index (κ1) is 34.5. The number of nitrogens with zero attached hydrogens (tertiary/aromatic N) is 5. The van der Waals surface area contributed by atoms with Gasteiger partial charge in [-0.05, 0) is 30.2 Å². The molecule has 48 heavy (non-hydrogen) atoms. The summed E-state index contributed by atoms with van der Waals surface area (Å²) in [5, 5.41) is 6.72. The highest BCUT2D eigenvalue weighted by molar-refractivity contribution is 5.89. The van der Waals surface area contributed by atoms with Gasteiger partial charge >= 0.3 is 11.9 Å². The van der Waals surface area contributed by atoms with Crippen molar-refractivity contribution in [3.63, 3.8) is 0 Å². The van der Waals surface area contributed by atoms with E-state index in [0.29, 0.717) is 51.0 Å². The molecular weight excluding hydrogens is 628 g/mol. The van der Waals surface area contributed by atoms with Crippen LogP contribution in [0.2, 0.25) is 0 Å². The smallest absolute Gasteiger partial charge is 0.355 e. The van der Waals surface area contributed by atoms with E-state index in [1.807, 2.05) is 30.3 Å². The second-order valence-electron chi connectivity index (χ2n) is 10.9. The molecule has 0 saturated carbocycles. The lowest BCUT2D eigenvalue weighted by Gasteiger charge is -2.35. The van der Waals surface area contributed by atoms with E-state index in [4.69, 9.17) is 38.9 Å². The number of para-hydroxylation sites is 1. The molecule has 5 rings (SSSR count). The summed E-state index contributed by atoms with van der Waals surface area (Å²) in [5.74, 6) is -2.25. The number of cyclic esters (lactones) is 1. The second-order valence-corrected chi connectivity index (χ2v) is 10.9. The third-order valence-corrected chi connectivity index (χ3v) is 7.85. The number of ether oxygens (including phenoxy) is 6. The molecule has 2 aliphatic heterocycles. The van der Waals surface area contributed by atoms with E-state index in [-0.39, 0.29) is 56.1 Å². The Hall–Kier alpha value is -4.86. The lowest BCUT2D eigenvalue weighted by atomic mass is 9.85. The van der Waals surface area contributed by atoms with Crippen LogP contribution in [0.5, 0.6) is 0 Å². The van der Waals surface area contributed by atoms with Gasteiger partial charge in [-0.25, -0.2) is 9.78 Å². The highest BCUT2D eigenvalue weighted by Gasteiger charge is 2.50. The van der Waals surface area contributed by atoms with Gasteiger partial charge in [0.05, 0.1) is 75.3 Å². The van der Waals surface area contributed by atoms with Crippen LogP contribution in [-0.2, 0) is 61.6 Å². The molecule has 16 nitrogen and oxygen atoms in total. The van der Waals surface area contributed by atoms with Crippen LogP contribution in [0.25, 0.3) is 32.7 Å². The predicted molar refractivity (Wildman–Crippen MR) is 169 cm³/mol. The summed E-state index contributed by atoms with van der Waals surface area (Å²) < 4.78 is 33.9. The van der Waals surface area contributed by atoms with Crippen molar-refractivity contribution in [1.29, 1.82) is 0 Å². The number of amides is 1. The SMILES string of the molecule is CC[C@@]1(OC(=O)CNC(=O)COCCOCCOCCOCCN=[N+]=[N-])C(=O)OCc2c1cc1n(c2=O)Cc2cc3ccccc3nc2-1. The summed E-state index contributed by atoms with van der Waals surface area (Å²) >= 11 is 0. The lowest BCUT2D eigenvalue weighted by Crippen LogP contribution is -2.48. The maximum atomic E-state index is 13.7. The van der Waals surface area contributed by atoms with Crippen molar-refractivity contribution in [2.75, 3.05) is 65.9 Å². The number of nitrogens with one attached hydrogen (secondary N) is 1. The zero-order valence-electron chi connectivity index (χ0n) is 26.5. The Morgan fingerprint density at radius 1 is 1.04 bits per heavy atom. The van der Waals surface area contributed by atoms with Crippen LogP contribution >= 0.6 is 0 Å². The molecule has 1 atom stereocenters. The quantitative estimate of drug-likeness (QED) is 0.0537. The number of benzene rings is 1. The second kappa shape index (κ2) is 16.3. The molecule has 16 heteroatoms. The van der Waals surface area contributed by atoms with Crippen molar-refractivity contribution in [3.8, 4) is 11.4 Å². The zero-order chi connectivity index (χ0) is 33.9. The summed E-state index contributed by atoms with van der Waals surface area (Å²) in [5.41, 5.74) is 9.20. The first-order valence-electron chi connectivity index (χ1n) is 15.5. The van der Waals surface area contributed by atoms with Crippen LogP contribution in [0.15, 0.2) is 46.3 Å². The number of hydrogen-bond acceptors (Lipinski definition) is 12. The lowest BCUT2D eigenvalue weighted by molar-refractivity contribution is -0.189. The van der Waals surface area contributed by atoms with Gasteiger partial charge in [-0.2, -0.15) is 0 Å². The van der Waals surface area contributed by atoms with E-state index >= 15 is 0 Å².